The van der Waals surface area contributed by atoms with Crippen LogP contribution < -0.4 is 0 Å². The minimum atomic E-state index is 0.512. The monoisotopic (exact) mass is 427 g/mol. The topological polar surface area (TPSA) is 0 Å². The van der Waals surface area contributed by atoms with E-state index in [1.807, 2.05) is 0 Å². The van der Waals surface area contributed by atoms with E-state index in [2.05, 4.69) is 53.4 Å². The Morgan fingerprint density at radius 1 is 0.818 bits per heavy atom. The van der Waals surface area contributed by atoms with Crippen molar-refractivity contribution in [2.24, 2.45) is 0 Å². The van der Waals surface area contributed by atoms with E-state index in [9.17, 15) is 0 Å². The molecule has 0 rings (SSSR count). The first kappa shape index (κ1) is 15.3. The third-order valence-corrected chi connectivity index (χ3v) is 2.25. The molecule has 0 radical (unpaired) electrons. The van der Waals surface area contributed by atoms with Crippen LogP contribution in [-0.2, 0) is 23.7 Å². The van der Waals surface area contributed by atoms with E-state index < -0.39 is 0 Å². The summed E-state index contributed by atoms with van der Waals surface area (Å²) >= 11 is 3.97. The van der Waals surface area contributed by atoms with Gasteiger partial charge in [-0.15, -0.1) is 8.58 Å². The van der Waals surface area contributed by atoms with Gasteiger partial charge in [0.15, 0.2) is 0 Å². The molecular weight excluding hydrogens is 408 g/mol. The van der Waals surface area contributed by atoms with Crippen LogP contribution >= 0.6 is 20.5 Å². The van der Waals surface area contributed by atoms with E-state index >= 15 is 0 Å². The van der Waals surface area contributed by atoms with Gasteiger partial charge >= 0.3 is 35.6 Å². The zero-order valence-electron chi connectivity index (χ0n) is 8.59. The van der Waals surface area contributed by atoms with Crippen molar-refractivity contribution in [3.05, 3.63) is 0 Å². The molecular formula is C8H19BrHgP. The van der Waals surface area contributed by atoms with Crippen LogP contribution in [0.2, 0.25) is 0 Å². The molecule has 0 aromatic rings. The molecule has 0 unspecified atom stereocenters. The number of hydrogen-bond acceptors (Lipinski definition) is 0. The summed E-state index contributed by atoms with van der Waals surface area (Å²) in [6.45, 7) is 13.8. The van der Waals surface area contributed by atoms with E-state index in [1.165, 1.54) is 0 Å². The Morgan fingerprint density at radius 2 is 1.00 bits per heavy atom. The first-order valence-electron chi connectivity index (χ1n) is 3.77. The summed E-state index contributed by atoms with van der Waals surface area (Å²) in [6, 6.07) is 0. The average Bonchev–Trinajstić information content (AvgIpc) is 1.60. The molecule has 0 nitrogen and oxygen atoms in total. The number of halogens is 1. The van der Waals surface area contributed by atoms with Crippen molar-refractivity contribution in [3.63, 3.8) is 0 Å². The number of hydrogen-bond donors (Lipinski definition) is 0. The van der Waals surface area contributed by atoms with Crippen LogP contribution in [0, 0.1) is 0 Å². The van der Waals surface area contributed by atoms with Gasteiger partial charge in [0.1, 0.15) is 0 Å². The predicted molar refractivity (Wildman–Crippen MR) is 56.7 cm³/mol. The van der Waals surface area contributed by atoms with Crippen molar-refractivity contribution in [2.45, 2.75) is 51.9 Å². The Balaban J connectivity index is 0. The summed E-state index contributed by atoms with van der Waals surface area (Å²) in [5, 5.41) is 1.02. The second kappa shape index (κ2) is 6.32. The summed E-state index contributed by atoms with van der Waals surface area (Å²) in [6.07, 6.45) is 0. The summed E-state index contributed by atoms with van der Waals surface area (Å²) in [7, 11) is 1.05. The molecule has 11 heavy (non-hydrogen) atoms. The molecule has 0 heterocycles. The summed E-state index contributed by atoms with van der Waals surface area (Å²) in [5.41, 5.74) is 0. The van der Waals surface area contributed by atoms with Gasteiger partial charge in [0.2, 0.25) is 0 Å². The zero-order chi connectivity index (χ0) is 9.71. The molecule has 0 fully saturated rings. The maximum absolute atomic E-state index is 3.13. The van der Waals surface area contributed by atoms with Gasteiger partial charge in [0, 0.05) is 0 Å². The molecule has 0 aliphatic rings. The Bertz CT molecular complexity index is 79.2. The fourth-order valence-corrected chi connectivity index (χ4v) is 3.38. The van der Waals surface area contributed by atoms with Gasteiger partial charge in [-0.1, -0.05) is 41.5 Å². The van der Waals surface area contributed by atoms with Crippen molar-refractivity contribution in [1.82, 2.24) is 0 Å². The molecule has 0 saturated carbocycles. The van der Waals surface area contributed by atoms with Gasteiger partial charge in [0.25, 0.3) is 0 Å². The number of rotatable bonds is 0. The molecule has 0 aliphatic heterocycles. The van der Waals surface area contributed by atoms with Crippen LogP contribution in [0.1, 0.15) is 41.5 Å². The van der Waals surface area contributed by atoms with Crippen LogP contribution in [0.5, 0.6) is 0 Å². The van der Waals surface area contributed by atoms with E-state index in [0.717, 1.165) is 32.3 Å². The van der Waals surface area contributed by atoms with Gasteiger partial charge in [-0.05, 0) is 10.3 Å². The van der Waals surface area contributed by atoms with Crippen molar-refractivity contribution in [2.75, 3.05) is 0 Å². The standard InChI is InChI=1S/C8H19P.BrH.Hg/c1-7(2,3)9-8(4,5)6;;/h9H,1-6H3;1H;/q;;+1/p-1. The summed E-state index contributed by atoms with van der Waals surface area (Å²) in [5.74, 6) is 0. The molecule has 0 N–H and O–H groups in total. The van der Waals surface area contributed by atoms with Gasteiger partial charge in [-0.2, -0.15) is 0 Å². The van der Waals surface area contributed by atoms with E-state index in [4.69, 9.17) is 0 Å². The van der Waals surface area contributed by atoms with Crippen molar-refractivity contribution in [3.8, 4) is 0 Å². The van der Waals surface area contributed by atoms with Crippen LogP contribution in [-0.4, -0.2) is 10.3 Å². The predicted octanol–water partition coefficient (Wildman–Crippen LogP) is 4.11. The molecule has 0 amide bonds. The third-order valence-electron chi connectivity index (χ3n) is 0.750. The van der Waals surface area contributed by atoms with E-state index in [-0.39, 0.29) is 0 Å². The van der Waals surface area contributed by atoms with Gasteiger partial charge < -0.3 is 0 Å². The van der Waals surface area contributed by atoms with E-state index in [1.54, 1.807) is 0 Å². The first-order chi connectivity index (χ1) is 4.71. The van der Waals surface area contributed by atoms with Crippen LogP contribution in [0.3, 0.4) is 0 Å². The molecule has 0 saturated heterocycles. The molecule has 0 atom stereocenters. The SMILES string of the molecule is CC(C)(C)PC(C)(C)C.[Br][Hg]. The Kier molecular flexibility index (Phi) is 8.81. The van der Waals surface area contributed by atoms with Gasteiger partial charge in [0.05, 0.1) is 0 Å². The molecule has 3 heteroatoms. The minimum absolute atomic E-state index is 0.512. The third kappa shape index (κ3) is 18.7. The van der Waals surface area contributed by atoms with E-state index in [0.29, 0.717) is 10.3 Å². The molecule has 65 valence electrons. The second-order valence-electron chi connectivity index (χ2n) is 4.62. The molecule has 0 spiro atoms. The van der Waals surface area contributed by atoms with Gasteiger partial charge in [-0.25, -0.2) is 0 Å². The molecule has 0 aliphatic carbocycles. The Labute approximate surface area is 95.3 Å². The normalized spacial score (nSPS) is 12.1. The zero-order valence-corrected chi connectivity index (χ0v) is 16.7. The summed E-state index contributed by atoms with van der Waals surface area (Å²) < 4.78 is 0. The van der Waals surface area contributed by atoms with Crippen LogP contribution in [0.25, 0.3) is 0 Å². The molecule has 0 bridgehead atoms. The fourth-order valence-electron chi connectivity index (χ4n) is 1.12. The van der Waals surface area contributed by atoms with Crippen molar-refractivity contribution in [1.29, 1.82) is 0 Å². The Hall–Kier alpha value is 1.85. The summed E-state index contributed by atoms with van der Waals surface area (Å²) in [4.78, 5) is 0. The molecule has 0 aromatic heterocycles. The average molecular weight is 427 g/mol. The van der Waals surface area contributed by atoms with Crippen LogP contribution in [0.15, 0.2) is 0 Å². The fraction of sp³-hybridized carbons (Fsp3) is 1.00. The first-order valence-corrected chi connectivity index (χ1v) is 16.7. The maximum atomic E-state index is 3.13. The van der Waals surface area contributed by atoms with Crippen molar-refractivity contribution < 1.29 is 23.7 Å². The second-order valence-corrected chi connectivity index (χ2v) is 7.88. The Morgan fingerprint density at radius 3 is 1.00 bits per heavy atom. The van der Waals surface area contributed by atoms with Gasteiger partial charge in [-0.3, -0.25) is 0 Å². The quantitative estimate of drug-likeness (QED) is 0.404. The molecule has 0 aromatic carbocycles. The van der Waals surface area contributed by atoms with Crippen LogP contribution in [0.4, 0.5) is 0 Å². The van der Waals surface area contributed by atoms with Crippen molar-refractivity contribution >= 4 is 20.5 Å².